The van der Waals surface area contributed by atoms with Crippen molar-refractivity contribution in [1.82, 2.24) is 10.2 Å². The van der Waals surface area contributed by atoms with Crippen LogP contribution in [-0.2, 0) is 0 Å². The highest BCUT2D eigenvalue weighted by atomic mass is 79.9. The van der Waals surface area contributed by atoms with Gasteiger partial charge in [0.1, 0.15) is 0 Å². The number of hydrogen-bond acceptors (Lipinski definition) is 1. The van der Waals surface area contributed by atoms with Crippen molar-refractivity contribution in [3.8, 4) is 0 Å². The Morgan fingerprint density at radius 2 is 2.33 bits per heavy atom. The molecule has 0 bridgehead atoms. The van der Waals surface area contributed by atoms with E-state index in [1.165, 1.54) is 10.1 Å². The van der Waals surface area contributed by atoms with E-state index in [1.807, 2.05) is 7.05 Å². The van der Waals surface area contributed by atoms with Gasteiger partial charge in [0.2, 0.25) is 0 Å². The van der Waals surface area contributed by atoms with Crippen LogP contribution in [0.15, 0.2) is 10.1 Å². The molecule has 0 unspecified atom stereocenters. The van der Waals surface area contributed by atoms with E-state index in [-0.39, 0.29) is 0 Å². The van der Waals surface area contributed by atoms with E-state index in [0.717, 1.165) is 24.6 Å². The Hall–Kier alpha value is -0.0900. The minimum absolute atomic E-state index is 0.833. The Morgan fingerprint density at radius 3 is 2.83 bits per heavy atom. The largest absolute Gasteiger partial charge is 0.366 e. The minimum atomic E-state index is 0.833. The summed E-state index contributed by atoms with van der Waals surface area (Å²) in [6.45, 7) is 4.09. The van der Waals surface area contributed by atoms with Gasteiger partial charge in [-0.3, -0.25) is 0 Å². The Kier molecular flexibility index (Phi) is 3.53. The molecule has 0 atom stereocenters. The van der Waals surface area contributed by atoms with Crippen LogP contribution in [0.4, 0.5) is 0 Å². The first-order valence-electron chi connectivity index (χ1n) is 3.96. The molecule has 0 saturated heterocycles. The number of thiocarbonyl (C=S) groups is 1. The van der Waals surface area contributed by atoms with Gasteiger partial charge in [0.05, 0.1) is 6.54 Å². The van der Waals surface area contributed by atoms with Crippen LogP contribution in [-0.4, -0.2) is 30.1 Å². The van der Waals surface area contributed by atoms with Gasteiger partial charge in [-0.2, -0.15) is 0 Å². The van der Waals surface area contributed by atoms with E-state index in [2.05, 4.69) is 33.1 Å². The van der Waals surface area contributed by atoms with Crippen LogP contribution in [0.5, 0.6) is 0 Å². The van der Waals surface area contributed by atoms with Crippen molar-refractivity contribution in [2.45, 2.75) is 13.3 Å². The van der Waals surface area contributed by atoms with Gasteiger partial charge in [-0.05, 0) is 25.6 Å². The molecule has 68 valence electrons. The summed E-state index contributed by atoms with van der Waals surface area (Å²) in [5.74, 6) is 0. The molecule has 1 heterocycles. The zero-order chi connectivity index (χ0) is 9.14. The van der Waals surface area contributed by atoms with Gasteiger partial charge in [-0.25, -0.2) is 0 Å². The third-order valence-corrected chi connectivity index (χ3v) is 3.44. The Labute approximate surface area is 87.1 Å². The van der Waals surface area contributed by atoms with Crippen molar-refractivity contribution < 1.29 is 0 Å². The number of nitrogens with one attached hydrogen (secondary N) is 1. The van der Waals surface area contributed by atoms with Crippen molar-refractivity contribution in [1.29, 1.82) is 0 Å². The normalized spacial score (nSPS) is 18.1. The highest BCUT2D eigenvalue weighted by molar-refractivity contribution is 9.11. The molecule has 1 N–H and O–H groups in total. The van der Waals surface area contributed by atoms with Crippen LogP contribution >= 0.6 is 28.1 Å². The first kappa shape index (κ1) is 9.99. The fraction of sp³-hybridized carbons (Fsp3) is 0.625. The molecule has 1 aliphatic heterocycles. The molecule has 2 nitrogen and oxygen atoms in total. The molecule has 0 spiro atoms. The number of rotatable bonds is 0. The van der Waals surface area contributed by atoms with Crippen LogP contribution in [0.25, 0.3) is 0 Å². The molecule has 4 heteroatoms. The molecular formula is C8H13BrN2S. The fourth-order valence-corrected chi connectivity index (χ4v) is 1.81. The SMILES string of the molecule is CNC(=S)N1CCC(C)=C(Br)C1. The van der Waals surface area contributed by atoms with E-state index in [4.69, 9.17) is 12.2 Å². The predicted molar refractivity (Wildman–Crippen MR) is 59.5 cm³/mol. The van der Waals surface area contributed by atoms with Crippen LogP contribution in [0.3, 0.4) is 0 Å². The van der Waals surface area contributed by atoms with E-state index < -0.39 is 0 Å². The summed E-state index contributed by atoms with van der Waals surface area (Å²) < 4.78 is 1.27. The number of hydrogen-bond donors (Lipinski definition) is 1. The number of nitrogens with zero attached hydrogens (tertiary/aromatic N) is 1. The molecule has 12 heavy (non-hydrogen) atoms. The highest BCUT2D eigenvalue weighted by Crippen LogP contribution is 2.21. The molecule has 1 aliphatic rings. The summed E-state index contributed by atoms with van der Waals surface area (Å²) in [5, 5.41) is 3.82. The average molecular weight is 249 g/mol. The van der Waals surface area contributed by atoms with Crippen molar-refractivity contribution in [2.75, 3.05) is 20.1 Å². The lowest BCUT2D eigenvalue weighted by molar-refractivity contribution is 0.438. The quantitative estimate of drug-likeness (QED) is 0.660. The maximum Gasteiger partial charge on any atom is 0.169 e. The first-order valence-corrected chi connectivity index (χ1v) is 5.16. The summed E-state index contributed by atoms with van der Waals surface area (Å²) in [7, 11) is 1.86. The van der Waals surface area contributed by atoms with Crippen LogP contribution in [0.1, 0.15) is 13.3 Å². The van der Waals surface area contributed by atoms with Crippen LogP contribution in [0.2, 0.25) is 0 Å². The molecule has 0 aromatic carbocycles. The summed E-state index contributed by atoms with van der Waals surface area (Å²) in [4.78, 5) is 2.16. The second kappa shape index (κ2) is 4.23. The summed E-state index contributed by atoms with van der Waals surface area (Å²) in [6.07, 6.45) is 1.10. The molecular weight excluding hydrogens is 236 g/mol. The zero-order valence-electron chi connectivity index (χ0n) is 7.35. The van der Waals surface area contributed by atoms with Gasteiger partial charge in [0, 0.05) is 18.1 Å². The Bertz CT molecular complexity index is 225. The third-order valence-electron chi connectivity index (χ3n) is 2.05. The molecule has 1 rings (SSSR count). The van der Waals surface area contributed by atoms with Gasteiger partial charge in [-0.1, -0.05) is 21.5 Å². The lowest BCUT2D eigenvalue weighted by Gasteiger charge is -2.29. The van der Waals surface area contributed by atoms with Gasteiger partial charge < -0.3 is 10.2 Å². The first-order chi connectivity index (χ1) is 5.65. The van der Waals surface area contributed by atoms with Crippen molar-refractivity contribution >= 4 is 33.3 Å². The van der Waals surface area contributed by atoms with Crippen LogP contribution in [0, 0.1) is 0 Å². The van der Waals surface area contributed by atoms with Crippen molar-refractivity contribution in [3.63, 3.8) is 0 Å². The predicted octanol–water partition coefficient (Wildman–Crippen LogP) is 1.87. The molecule has 0 radical (unpaired) electrons. The summed E-state index contributed by atoms with van der Waals surface area (Å²) >= 11 is 8.68. The Balaban J connectivity index is 2.60. The lowest BCUT2D eigenvalue weighted by atomic mass is 10.1. The van der Waals surface area contributed by atoms with E-state index in [0.29, 0.717) is 0 Å². The molecule has 0 aromatic rings. The van der Waals surface area contributed by atoms with E-state index >= 15 is 0 Å². The van der Waals surface area contributed by atoms with Gasteiger partial charge in [-0.15, -0.1) is 0 Å². The lowest BCUT2D eigenvalue weighted by Crippen LogP contribution is -2.41. The van der Waals surface area contributed by atoms with E-state index in [9.17, 15) is 0 Å². The topological polar surface area (TPSA) is 15.3 Å². The smallest absolute Gasteiger partial charge is 0.169 e. The molecule has 0 aliphatic carbocycles. The molecule has 0 aromatic heterocycles. The van der Waals surface area contributed by atoms with Gasteiger partial charge >= 0.3 is 0 Å². The Morgan fingerprint density at radius 1 is 1.67 bits per heavy atom. The monoisotopic (exact) mass is 248 g/mol. The van der Waals surface area contributed by atoms with Crippen LogP contribution < -0.4 is 5.32 Å². The minimum Gasteiger partial charge on any atom is -0.366 e. The molecule has 0 fully saturated rings. The van der Waals surface area contributed by atoms with Gasteiger partial charge in [0.25, 0.3) is 0 Å². The summed E-state index contributed by atoms with van der Waals surface area (Å²) in [6, 6.07) is 0. The molecule has 0 saturated carbocycles. The second-order valence-electron chi connectivity index (χ2n) is 2.91. The maximum absolute atomic E-state index is 5.14. The fourth-order valence-electron chi connectivity index (χ4n) is 1.15. The number of halogens is 1. The maximum atomic E-state index is 5.14. The average Bonchev–Trinajstić information content (AvgIpc) is 2.08. The van der Waals surface area contributed by atoms with Crippen molar-refractivity contribution in [2.24, 2.45) is 0 Å². The molecule has 0 amide bonds. The standard InChI is InChI=1S/C8H13BrN2S/c1-6-3-4-11(5-7(6)9)8(12)10-2/h3-5H2,1-2H3,(H,10,12). The zero-order valence-corrected chi connectivity index (χ0v) is 9.76. The third kappa shape index (κ3) is 2.20. The van der Waals surface area contributed by atoms with Crippen molar-refractivity contribution in [3.05, 3.63) is 10.1 Å². The second-order valence-corrected chi connectivity index (χ2v) is 4.26. The van der Waals surface area contributed by atoms with E-state index in [1.54, 1.807) is 0 Å². The van der Waals surface area contributed by atoms with Gasteiger partial charge in [0.15, 0.2) is 5.11 Å². The summed E-state index contributed by atoms with van der Waals surface area (Å²) in [5.41, 5.74) is 1.44. The highest BCUT2D eigenvalue weighted by Gasteiger charge is 2.15.